The van der Waals surface area contributed by atoms with E-state index in [2.05, 4.69) is 10.4 Å². The van der Waals surface area contributed by atoms with Crippen LogP contribution in [0.4, 0.5) is 10.1 Å². The highest BCUT2D eigenvalue weighted by Gasteiger charge is 2.17. The third-order valence-electron chi connectivity index (χ3n) is 6.46. The van der Waals surface area contributed by atoms with Crippen molar-refractivity contribution in [3.8, 4) is 23.1 Å². The van der Waals surface area contributed by atoms with Gasteiger partial charge in [0.15, 0.2) is 23.9 Å². The Morgan fingerprint density at radius 3 is 2.65 bits per heavy atom. The van der Waals surface area contributed by atoms with E-state index in [1.807, 2.05) is 43.3 Å². The van der Waals surface area contributed by atoms with Gasteiger partial charge in [-0.15, -0.1) is 0 Å². The Morgan fingerprint density at radius 1 is 0.977 bits per heavy atom. The second-order valence-electron chi connectivity index (χ2n) is 9.45. The molecule has 9 nitrogen and oxygen atoms in total. The van der Waals surface area contributed by atoms with Crippen molar-refractivity contribution in [3.63, 3.8) is 0 Å². The number of anilines is 1. The second kappa shape index (κ2) is 12.0. The third kappa shape index (κ3) is 5.98. The molecule has 0 aliphatic rings. The molecule has 0 saturated heterocycles. The molecule has 6 rings (SSSR count). The number of nitrogens with one attached hydrogen (secondary N) is 1. The van der Waals surface area contributed by atoms with Gasteiger partial charge in [0.25, 0.3) is 11.5 Å². The number of furan rings is 1. The Kier molecular flexibility index (Phi) is 7.64. The summed E-state index contributed by atoms with van der Waals surface area (Å²) in [4.78, 5) is 30.6. The summed E-state index contributed by atoms with van der Waals surface area (Å²) in [5.41, 5.74) is 1.76. The normalized spacial score (nSPS) is 11.3. The molecule has 0 aliphatic carbocycles. The summed E-state index contributed by atoms with van der Waals surface area (Å²) in [6.45, 7) is 1.85. The van der Waals surface area contributed by atoms with Gasteiger partial charge in [0.2, 0.25) is 5.82 Å². The molecule has 1 amide bonds. The summed E-state index contributed by atoms with van der Waals surface area (Å²) in [6.07, 6.45) is 1.51. The van der Waals surface area contributed by atoms with Gasteiger partial charge in [-0.05, 0) is 73.2 Å². The predicted octanol–water partition coefficient (Wildman–Crippen LogP) is 6.25. The first-order valence-electron chi connectivity index (χ1n) is 13.5. The maximum Gasteiger partial charge on any atom is 0.282 e. The first-order valence-corrected chi connectivity index (χ1v) is 13.5. The van der Waals surface area contributed by atoms with Gasteiger partial charge in [0.1, 0.15) is 11.4 Å². The minimum absolute atomic E-state index is 0.255. The number of halogens is 1. The molecule has 43 heavy (non-hydrogen) atoms. The Hall–Kier alpha value is -5.77. The fraction of sp³-hybridized carbons (Fsp3) is 0.0909. The van der Waals surface area contributed by atoms with Gasteiger partial charge in [-0.25, -0.2) is 9.37 Å². The molecule has 0 aliphatic heterocycles. The molecule has 4 aromatic carbocycles. The van der Waals surface area contributed by atoms with E-state index >= 15 is 0 Å². The fourth-order valence-corrected chi connectivity index (χ4v) is 4.51. The van der Waals surface area contributed by atoms with E-state index in [0.717, 1.165) is 5.39 Å². The standard InChI is InChI=1S/C33H25FN4O5/c1-2-41-29-16-21(14-15-28(29)42-20-31(39)36-24-10-7-9-23(34)18-24)19-35-38-32(30-17-22-8-3-6-13-27(22)43-30)37-26-12-5-4-11-25(26)33(38)40/h3-19H,2,20H2,1H3,(H,36,39). The van der Waals surface area contributed by atoms with E-state index in [-0.39, 0.29) is 18.0 Å². The summed E-state index contributed by atoms with van der Waals surface area (Å²) in [6, 6.07) is 27.0. The van der Waals surface area contributed by atoms with Gasteiger partial charge in [0.05, 0.1) is 23.7 Å². The Labute approximate surface area is 244 Å². The SMILES string of the molecule is CCOc1cc(C=Nn2c(-c3cc4ccccc4o3)nc3ccccc3c2=O)ccc1OCC(=O)Nc1cccc(F)c1. The lowest BCUT2D eigenvalue weighted by Crippen LogP contribution is -2.20. The summed E-state index contributed by atoms with van der Waals surface area (Å²) < 4.78 is 32.1. The molecule has 6 aromatic rings. The first-order chi connectivity index (χ1) is 21.0. The Morgan fingerprint density at radius 2 is 1.81 bits per heavy atom. The van der Waals surface area contributed by atoms with Gasteiger partial charge >= 0.3 is 0 Å². The Bertz CT molecular complexity index is 2020. The highest BCUT2D eigenvalue weighted by Crippen LogP contribution is 2.29. The van der Waals surface area contributed by atoms with Crippen molar-refractivity contribution in [2.75, 3.05) is 18.5 Å². The van der Waals surface area contributed by atoms with Crippen LogP contribution in [0.1, 0.15) is 12.5 Å². The van der Waals surface area contributed by atoms with Gasteiger partial charge in [-0.3, -0.25) is 9.59 Å². The minimum Gasteiger partial charge on any atom is -0.490 e. The molecule has 0 fully saturated rings. The molecule has 0 unspecified atom stereocenters. The van der Waals surface area contributed by atoms with E-state index < -0.39 is 11.7 Å². The quantitative estimate of drug-likeness (QED) is 0.204. The minimum atomic E-state index is -0.458. The second-order valence-corrected chi connectivity index (χ2v) is 9.45. The molecule has 0 saturated carbocycles. The van der Waals surface area contributed by atoms with E-state index in [1.54, 1.807) is 42.5 Å². The molecule has 0 spiro atoms. The molecule has 10 heteroatoms. The molecular formula is C33H25FN4O5. The lowest BCUT2D eigenvalue weighted by molar-refractivity contribution is -0.118. The van der Waals surface area contributed by atoms with Crippen LogP contribution in [-0.2, 0) is 4.79 Å². The van der Waals surface area contributed by atoms with Gasteiger partial charge in [-0.2, -0.15) is 9.78 Å². The van der Waals surface area contributed by atoms with Crippen molar-refractivity contribution >= 4 is 39.7 Å². The number of hydrogen-bond acceptors (Lipinski definition) is 7. The molecule has 0 bridgehead atoms. The molecule has 1 N–H and O–H groups in total. The fourth-order valence-electron chi connectivity index (χ4n) is 4.51. The van der Waals surface area contributed by atoms with Crippen LogP contribution in [0, 0.1) is 5.82 Å². The molecule has 2 heterocycles. The number of rotatable bonds is 9. The summed E-state index contributed by atoms with van der Waals surface area (Å²) in [5, 5.41) is 8.37. The molecule has 0 radical (unpaired) electrons. The van der Waals surface area contributed by atoms with E-state index in [4.69, 9.17) is 18.9 Å². The summed E-state index contributed by atoms with van der Waals surface area (Å²) >= 11 is 0. The van der Waals surface area contributed by atoms with Crippen molar-refractivity contribution in [3.05, 3.63) is 119 Å². The smallest absolute Gasteiger partial charge is 0.282 e. The number of benzene rings is 4. The number of hydrogen-bond donors (Lipinski definition) is 1. The molecule has 214 valence electrons. The van der Waals surface area contributed by atoms with Crippen LogP contribution in [0.25, 0.3) is 33.5 Å². The first kappa shape index (κ1) is 27.4. The van der Waals surface area contributed by atoms with Crippen LogP contribution >= 0.6 is 0 Å². The summed E-state index contributed by atoms with van der Waals surface area (Å²) in [7, 11) is 0. The van der Waals surface area contributed by atoms with Crippen molar-refractivity contribution in [2.45, 2.75) is 6.92 Å². The molecule has 0 atom stereocenters. The number of ether oxygens (including phenoxy) is 2. The number of carbonyl (C=O) groups excluding carboxylic acids is 1. The van der Waals surface area contributed by atoms with Gasteiger partial charge in [-0.1, -0.05) is 36.4 Å². The molecular weight excluding hydrogens is 551 g/mol. The largest absolute Gasteiger partial charge is 0.490 e. The third-order valence-corrected chi connectivity index (χ3v) is 6.46. The average Bonchev–Trinajstić information content (AvgIpc) is 3.45. The van der Waals surface area contributed by atoms with E-state index in [0.29, 0.717) is 51.6 Å². The highest BCUT2D eigenvalue weighted by molar-refractivity contribution is 5.92. The number of aromatic nitrogens is 2. The number of carbonyl (C=O) groups is 1. The van der Waals surface area contributed by atoms with Gasteiger partial charge < -0.3 is 19.2 Å². The number of amides is 1. The monoisotopic (exact) mass is 576 g/mol. The van der Waals surface area contributed by atoms with Crippen LogP contribution in [0.15, 0.2) is 111 Å². The lowest BCUT2D eigenvalue weighted by Gasteiger charge is -2.13. The van der Waals surface area contributed by atoms with Crippen LogP contribution < -0.4 is 20.3 Å². The zero-order valence-electron chi connectivity index (χ0n) is 23.0. The highest BCUT2D eigenvalue weighted by atomic mass is 19.1. The van der Waals surface area contributed by atoms with Crippen LogP contribution in [0.3, 0.4) is 0 Å². The lowest BCUT2D eigenvalue weighted by atomic mass is 10.2. The topological polar surface area (TPSA) is 108 Å². The van der Waals surface area contributed by atoms with Crippen LogP contribution in [-0.4, -0.2) is 35.0 Å². The number of nitrogens with zero attached hydrogens (tertiary/aromatic N) is 3. The molecule has 2 aromatic heterocycles. The van der Waals surface area contributed by atoms with Crippen molar-refractivity contribution in [1.82, 2.24) is 9.66 Å². The van der Waals surface area contributed by atoms with Crippen LogP contribution in [0.2, 0.25) is 0 Å². The van der Waals surface area contributed by atoms with Crippen molar-refractivity contribution in [2.24, 2.45) is 5.10 Å². The maximum absolute atomic E-state index is 13.5. The zero-order chi connectivity index (χ0) is 29.8. The van der Waals surface area contributed by atoms with Crippen LogP contribution in [0.5, 0.6) is 11.5 Å². The zero-order valence-corrected chi connectivity index (χ0v) is 23.0. The maximum atomic E-state index is 13.5. The number of para-hydroxylation sites is 2. The van der Waals surface area contributed by atoms with Crippen molar-refractivity contribution in [1.29, 1.82) is 0 Å². The summed E-state index contributed by atoms with van der Waals surface area (Å²) in [5.74, 6) is 0.454. The Balaban J connectivity index is 1.29. The van der Waals surface area contributed by atoms with Crippen molar-refractivity contribution < 1.29 is 23.1 Å². The van der Waals surface area contributed by atoms with E-state index in [1.165, 1.54) is 29.1 Å². The average molecular weight is 577 g/mol. The predicted molar refractivity (Wildman–Crippen MR) is 162 cm³/mol. The van der Waals surface area contributed by atoms with Gasteiger partial charge in [0, 0.05) is 11.1 Å². The van der Waals surface area contributed by atoms with E-state index in [9.17, 15) is 14.0 Å². The number of fused-ring (bicyclic) bond motifs is 2.